The van der Waals surface area contributed by atoms with Gasteiger partial charge in [0, 0.05) is 22.7 Å². The van der Waals surface area contributed by atoms with Gasteiger partial charge in [0.1, 0.15) is 12.4 Å². The van der Waals surface area contributed by atoms with E-state index in [0.29, 0.717) is 16.7 Å². The van der Waals surface area contributed by atoms with Crippen LogP contribution in [-0.4, -0.2) is 6.54 Å². The molecule has 0 aromatic heterocycles. The molecule has 0 saturated carbocycles. The van der Waals surface area contributed by atoms with Crippen molar-refractivity contribution in [1.82, 2.24) is 5.32 Å². The number of hydrogen-bond acceptors (Lipinski definition) is 2. The summed E-state index contributed by atoms with van der Waals surface area (Å²) >= 11 is 12.4. The number of rotatable bonds is 7. The number of ether oxygens (including phenoxy) is 1. The second-order valence-corrected chi connectivity index (χ2v) is 5.60. The van der Waals surface area contributed by atoms with Crippen LogP contribution < -0.4 is 10.1 Å². The summed E-state index contributed by atoms with van der Waals surface area (Å²) in [5.41, 5.74) is 2.01. The molecule has 112 valence electrons. The van der Waals surface area contributed by atoms with Crippen molar-refractivity contribution in [2.24, 2.45) is 0 Å². The predicted molar refractivity (Wildman–Crippen MR) is 89.2 cm³/mol. The highest BCUT2D eigenvalue weighted by Crippen LogP contribution is 2.30. The second kappa shape index (κ2) is 8.28. The third kappa shape index (κ3) is 4.63. The molecule has 0 amide bonds. The number of benzene rings is 2. The molecule has 0 aliphatic heterocycles. The molecule has 0 atom stereocenters. The highest BCUT2D eigenvalue weighted by molar-refractivity contribution is 6.32. The van der Waals surface area contributed by atoms with E-state index < -0.39 is 0 Å². The Balaban J connectivity index is 2.09. The summed E-state index contributed by atoms with van der Waals surface area (Å²) in [5.74, 6) is 0.725. The van der Waals surface area contributed by atoms with Crippen molar-refractivity contribution >= 4 is 23.2 Å². The van der Waals surface area contributed by atoms with Crippen molar-refractivity contribution in [1.29, 1.82) is 0 Å². The Morgan fingerprint density at radius 1 is 0.952 bits per heavy atom. The second-order valence-electron chi connectivity index (χ2n) is 4.78. The van der Waals surface area contributed by atoms with Gasteiger partial charge >= 0.3 is 0 Å². The van der Waals surface area contributed by atoms with Gasteiger partial charge < -0.3 is 10.1 Å². The van der Waals surface area contributed by atoms with Crippen molar-refractivity contribution in [3.05, 3.63) is 63.6 Å². The number of hydrogen-bond donors (Lipinski definition) is 1. The van der Waals surface area contributed by atoms with Crippen LogP contribution in [0.1, 0.15) is 24.5 Å². The molecule has 0 aliphatic rings. The van der Waals surface area contributed by atoms with E-state index in [1.54, 1.807) is 0 Å². The van der Waals surface area contributed by atoms with E-state index in [4.69, 9.17) is 27.9 Å². The summed E-state index contributed by atoms with van der Waals surface area (Å²) in [6.07, 6.45) is 1.09. The van der Waals surface area contributed by atoms with Gasteiger partial charge in [-0.3, -0.25) is 0 Å². The average molecular weight is 324 g/mol. The maximum Gasteiger partial charge on any atom is 0.142 e. The highest BCUT2D eigenvalue weighted by Gasteiger charge is 2.09. The minimum Gasteiger partial charge on any atom is -0.487 e. The lowest BCUT2D eigenvalue weighted by Gasteiger charge is -2.14. The first-order chi connectivity index (χ1) is 10.2. The van der Waals surface area contributed by atoms with E-state index in [9.17, 15) is 0 Å². The summed E-state index contributed by atoms with van der Waals surface area (Å²) in [6.45, 7) is 4.26. The predicted octanol–water partition coefficient (Wildman–Crippen LogP) is 5.07. The maximum atomic E-state index is 6.26. The Labute approximate surface area is 136 Å². The summed E-state index contributed by atoms with van der Waals surface area (Å²) in [5, 5.41) is 4.69. The van der Waals surface area contributed by atoms with Crippen LogP contribution in [0.4, 0.5) is 0 Å². The van der Waals surface area contributed by atoms with Crippen LogP contribution in [0.2, 0.25) is 10.0 Å². The van der Waals surface area contributed by atoms with Crippen molar-refractivity contribution in [3.8, 4) is 5.75 Å². The van der Waals surface area contributed by atoms with E-state index in [2.05, 4.69) is 12.2 Å². The summed E-state index contributed by atoms with van der Waals surface area (Å²) in [4.78, 5) is 0. The molecule has 0 radical (unpaired) electrons. The van der Waals surface area contributed by atoms with Crippen LogP contribution in [-0.2, 0) is 13.2 Å². The van der Waals surface area contributed by atoms with Crippen molar-refractivity contribution in [2.75, 3.05) is 6.54 Å². The normalized spacial score (nSPS) is 10.6. The van der Waals surface area contributed by atoms with Crippen molar-refractivity contribution in [3.63, 3.8) is 0 Å². The van der Waals surface area contributed by atoms with Crippen LogP contribution >= 0.6 is 23.2 Å². The fourth-order valence-electron chi connectivity index (χ4n) is 2.02. The van der Waals surface area contributed by atoms with E-state index in [0.717, 1.165) is 36.4 Å². The molecule has 0 spiro atoms. The van der Waals surface area contributed by atoms with Gasteiger partial charge in [0.05, 0.1) is 5.02 Å². The van der Waals surface area contributed by atoms with E-state index in [-0.39, 0.29) is 0 Å². The summed E-state index contributed by atoms with van der Waals surface area (Å²) in [6, 6.07) is 13.5. The number of nitrogens with one attached hydrogen (secondary N) is 1. The number of halogens is 2. The molecular formula is C17H19Cl2NO. The Morgan fingerprint density at radius 3 is 2.43 bits per heavy atom. The summed E-state index contributed by atoms with van der Waals surface area (Å²) < 4.78 is 5.91. The van der Waals surface area contributed by atoms with Gasteiger partial charge in [-0.15, -0.1) is 0 Å². The van der Waals surface area contributed by atoms with Gasteiger partial charge in [0.25, 0.3) is 0 Å². The van der Waals surface area contributed by atoms with E-state index in [1.165, 1.54) is 0 Å². The van der Waals surface area contributed by atoms with Crippen molar-refractivity contribution in [2.45, 2.75) is 26.5 Å². The summed E-state index contributed by atoms with van der Waals surface area (Å²) in [7, 11) is 0. The zero-order valence-corrected chi connectivity index (χ0v) is 13.5. The van der Waals surface area contributed by atoms with Gasteiger partial charge in [-0.2, -0.15) is 0 Å². The largest absolute Gasteiger partial charge is 0.487 e. The smallest absolute Gasteiger partial charge is 0.142 e. The monoisotopic (exact) mass is 323 g/mol. The Bertz CT molecular complexity index is 587. The molecule has 4 heteroatoms. The van der Waals surface area contributed by atoms with Crippen molar-refractivity contribution < 1.29 is 4.74 Å². The topological polar surface area (TPSA) is 21.3 Å². The van der Waals surface area contributed by atoms with Crippen LogP contribution in [0, 0.1) is 0 Å². The molecule has 0 bridgehead atoms. The molecular weight excluding hydrogens is 305 g/mol. The van der Waals surface area contributed by atoms with E-state index in [1.807, 2.05) is 42.5 Å². The maximum absolute atomic E-state index is 6.26. The number of para-hydroxylation sites is 1. The van der Waals surface area contributed by atoms with Gasteiger partial charge in [-0.05, 0) is 25.1 Å². The minimum absolute atomic E-state index is 0.407. The minimum atomic E-state index is 0.407. The first-order valence-corrected chi connectivity index (χ1v) is 7.82. The van der Waals surface area contributed by atoms with Crippen LogP contribution in [0.3, 0.4) is 0 Å². The first-order valence-electron chi connectivity index (χ1n) is 7.06. The van der Waals surface area contributed by atoms with Gasteiger partial charge in [-0.1, -0.05) is 60.5 Å². The van der Waals surface area contributed by atoms with Crippen LogP contribution in [0.15, 0.2) is 42.5 Å². The molecule has 2 nitrogen and oxygen atoms in total. The third-order valence-electron chi connectivity index (χ3n) is 3.12. The van der Waals surface area contributed by atoms with E-state index >= 15 is 0 Å². The fourth-order valence-corrected chi connectivity index (χ4v) is 2.46. The molecule has 0 aliphatic carbocycles. The molecule has 0 heterocycles. The average Bonchev–Trinajstić information content (AvgIpc) is 2.48. The van der Waals surface area contributed by atoms with Gasteiger partial charge in [-0.25, -0.2) is 0 Å². The molecule has 0 unspecified atom stereocenters. The SMILES string of the molecule is CCCNCc1cccc(Cl)c1OCc1ccccc1Cl. The standard InChI is InChI=1S/C17H19Cl2NO/c1-2-10-20-11-13-7-5-9-16(19)17(13)21-12-14-6-3-4-8-15(14)18/h3-9,20H,2,10-12H2,1H3. The molecule has 21 heavy (non-hydrogen) atoms. The quantitative estimate of drug-likeness (QED) is 0.718. The molecule has 1 N–H and O–H groups in total. The molecule has 0 saturated heterocycles. The van der Waals surface area contributed by atoms with Crippen LogP contribution in [0.5, 0.6) is 5.75 Å². The molecule has 0 fully saturated rings. The molecule has 2 aromatic carbocycles. The Kier molecular flexibility index (Phi) is 6.37. The highest BCUT2D eigenvalue weighted by atomic mass is 35.5. The fraction of sp³-hybridized carbons (Fsp3) is 0.294. The lowest BCUT2D eigenvalue weighted by molar-refractivity contribution is 0.302. The Hall–Kier alpha value is -1.22. The Morgan fingerprint density at radius 2 is 1.67 bits per heavy atom. The van der Waals surface area contributed by atoms with Gasteiger partial charge in [0.2, 0.25) is 0 Å². The first kappa shape index (κ1) is 16.2. The van der Waals surface area contributed by atoms with Gasteiger partial charge in [0.15, 0.2) is 0 Å². The van der Waals surface area contributed by atoms with Crippen LogP contribution in [0.25, 0.3) is 0 Å². The lowest BCUT2D eigenvalue weighted by atomic mass is 10.2. The molecule has 2 aromatic rings. The third-order valence-corrected chi connectivity index (χ3v) is 3.79. The lowest BCUT2D eigenvalue weighted by Crippen LogP contribution is -2.14. The molecule has 2 rings (SSSR count). The zero-order valence-electron chi connectivity index (χ0n) is 12.0. The zero-order chi connectivity index (χ0) is 15.1.